The maximum atomic E-state index is 13.0. The fourth-order valence-electron chi connectivity index (χ4n) is 1.01. The second-order valence-electron chi connectivity index (χ2n) is 3.00. The number of carbonyl (C=O) groups is 1. The quantitative estimate of drug-likeness (QED) is 0.806. The molecule has 2 nitrogen and oxygen atoms in total. The van der Waals surface area contributed by atoms with E-state index in [9.17, 15) is 13.6 Å². The normalized spacial score (nSPS) is 9.93. The van der Waals surface area contributed by atoms with Crippen molar-refractivity contribution in [3.05, 3.63) is 29.8 Å². The van der Waals surface area contributed by atoms with Gasteiger partial charge in [0, 0.05) is 19.0 Å². The van der Waals surface area contributed by atoms with Crippen LogP contribution in [0.25, 0.3) is 0 Å². The molecule has 0 aliphatic carbocycles. The van der Waals surface area contributed by atoms with Crippen molar-refractivity contribution < 1.29 is 13.6 Å². The van der Waals surface area contributed by atoms with Crippen LogP contribution < -0.4 is 5.32 Å². The van der Waals surface area contributed by atoms with Gasteiger partial charge in [-0.05, 0) is 19.1 Å². The zero-order chi connectivity index (χ0) is 10.6. The van der Waals surface area contributed by atoms with Crippen LogP contribution in [0.4, 0.5) is 14.5 Å². The van der Waals surface area contributed by atoms with Gasteiger partial charge in [-0.15, -0.1) is 0 Å². The molecule has 0 aliphatic heterocycles. The van der Waals surface area contributed by atoms with E-state index >= 15 is 0 Å². The Bertz CT molecular complexity index is 339. The van der Waals surface area contributed by atoms with E-state index in [1.54, 1.807) is 0 Å². The van der Waals surface area contributed by atoms with Crippen molar-refractivity contribution in [3.8, 4) is 0 Å². The number of hydrogen-bond acceptors (Lipinski definition) is 2. The number of benzene rings is 1. The third kappa shape index (κ3) is 3.12. The van der Waals surface area contributed by atoms with E-state index in [1.807, 2.05) is 0 Å². The highest BCUT2D eigenvalue weighted by atomic mass is 19.1. The monoisotopic (exact) mass is 199 g/mol. The number of ketones is 1. The number of hydrogen-bond donors (Lipinski definition) is 1. The van der Waals surface area contributed by atoms with Gasteiger partial charge in [-0.1, -0.05) is 0 Å². The lowest BCUT2D eigenvalue weighted by Gasteiger charge is -2.05. The van der Waals surface area contributed by atoms with Crippen LogP contribution in [0.2, 0.25) is 0 Å². The lowest BCUT2D eigenvalue weighted by Crippen LogP contribution is -2.07. The van der Waals surface area contributed by atoms with Crippen LogP contribution in [0.5, 0.6) is 0 Å². The Morgan fingerprint density at radius 1 is 1.43 bits per heavy atom. The lowest BCUT2D eigenvalue weighted by molar-refractivity contribution is -0.116. The number of nitrogens with one attached hydrogen (secondary N) is 1. The highest BCUT2D eigenvalue weighted by Crippen LogP contribution is 2.14. The van der Waals surface area contributed by atoms with Crippen LogP contribution >= 0.6 is 0 Å². The maximum Gasteiger partial charge on any atom is 0.149 e. The molecule has 76 valence electrons. The molecule has 0 unspecified atom stereocenters. The summed E-state index contributed by atoms with van der Waals surface area (Å²) in [7, 11) is 0. The second kappa shape index (κ2) is 4.69. The van der Waals surface area contributed by atoms with Gasteiger partial charge in [-0.25, -0.2) is 8.78 Å². The molecule has 0 saturated heterocycles. The predicted octanol–water partition coefficient (Wildman–Crippen LogP) is 2.36. The van der Waals surface area contributed by atoms with E-state index < -0.39 is 11.6 Å². The van der Waals surface area contributed by atoms with Crippen LogP contribution in [0.1, 0.15) is 13.3 Å². The fraction of sp³-hybridized carbons (Fsp3) is 0.300. The fourth-order valence-corrected chi connectivity index (χ4v) is 1.01. The molecule has 0 bridgehead atoms. The molecule has 1 aromatic rings. The van der Waals surface area contributed by atoms with Crippen LogP contribution in [-0.2, 0) is 4.79 Å². The highest BCUT2D eigenvalue weighted by Gasteiger charge is 2.02. The number of halogens is 2. The summed E-state index contributed by atoms with van der Waals surface area (Å²) < 4.78 is 25.5. The molecule has 0 radical (unpaired) electrons. The number of carbonyl (C=O) groups excluding carboxylic acids is 1. The number of rotatable bonds is 4. The Hall–Kier alpha value is -1.45. The van der Waals surface area contributed by atoms with Crippen LogP contribution in [0.15, 0.2) is 18.2 Å². The van der Waals surface area contributed by atoms with Gasteiger partial charge in [0.2, 0.25) is 0 Å². The zero-order valence-electron chi connectivity index (χ0n) is 7.81. The molecule has 0 atom stereocenters. The third-order valence-corrected chi connectivity index (χ3v) is 1.72. The summed E-state index contributed by atoms with van der Waals surface area (Å²) >= 11 is 0. The molecule has 14 heavy (non-hydrogen) atoms. The first-order chi connectivity index (χ1) is 6.59. The van der Waals surface area contributed by atoms with Crippen molar-refractivity contribution in [1.82, 2.24) is 0 Å². The summed E-state index contributed by atoms with van der Waals surface area (Å²) in [5.41, 5.74) is 0.215. The molecule has 1 N–H and O–H groups in total. The zero-order valence-corrected chi connectivity index (χ0v) is 7.81. The summed E-state index contributed by atoms with van der Waals surface area (Å²) in [5, 5.41) is 2.71. The largest absolute Gasteiger partial charge is 0.382 e. The summed E-state index contributed by atoms with van der Waals surface area (Å²) in [6.45, 7) is 1.82. The van der Waals surface area contributed by atoms with Gasteiger partial charge in [0.25, 0.3) is 0 Å². The lowest BCUT2D eigenvalue weighted by atomic mass is 10.2. The molecule has 0 spiro atoms. The highest BCUT2D eigenvalue weighted by molar-refractivity contribution is 5.76. The second-order valence-corrected chi connectivity index (χ2v) is 3.00. The Balaban J connectivity index is 2.55. The summed E-state index contributed by atoms with van der Waals surface area (Å²) in [6.07, 6.45) is 0.330. The van der Waals surface area contributed by atoms with Crippen molar-refractivity contribution in [1.29, 1.82) is 0 Å². The Morgan fingerprint density at radius 2 is 2.14 bits per heavy atom. The van der Waals surface area contributed by atoms with E-state index in [4.69, 9.17) is 0 Å². The minimum absolute atomic E-state index is 0.0278. The standard InChI is InChI=1S/C10H11F2NO/c1-7(14)4-5-13-10-3-2-8(11)6-9(10)12/h2-3,6,13H,4-5H2,1H3. The Labute approximate surface area is 80.9 Å². The molecule has 0 aliphatic rings. The summed E-state index contributed by atoms with van der Waals surface area (Å²) in [4.78, 5) is 10.6. The van der Waals surface area contributed by atoms with Crippen molar-refractivity contribution in [3.63, 3.8) is 0 Å². The van der Waals surface area contributed by atoms with Crippen LogP contribution in [-0.4, -0.2) is 12.3 Å². The average Bonchev–Trinajstić information content (AvgIpc) is 2.08. The topological polar surface area (TPSA) is 29.1 Å². The van der Waals surface area contributed by atoms with Crippen molar-refractivity contribution in [2.75, 3.05) is 11.9 Å². The van der Waals surface area contributed by atoms with E-state index in [0.717, 1.165) is 6.07 Å². The molecular formula is C10H11F2NO. The first kappa shape index (κ1) is 10.6. The molecule has 0 saturated carbocycles. The van der Waals surface area contributed by atoms with Gasteiger partial charge < -0.3 is 5.32 Å². The predicted molar refractivity (Wildman–Crippen MR) is 50.1 cm³/mol. The van der Waals surface area contributed by atoms with Crippen LogP contribution in [0.3, 0.4) is 0 Å². The van der Waals surface area contributed by atoms with E-state index in [2.05, 4.69) is 5.32 Å². The molecule has 4 heteroatoms. The van der Waals surface area contributed by atoms with Gasteiger partial charge in [-0.2, -0.15) is 0 Å². The minimum Gasteiger partial charge on any atom is -0.382 e. The Morgan fingerprint density at radius 3 is 2.71 bits per heavy atom. The molecular weight excluding hydrogens is 188 g/mol. The van der Waals surface area contributed by atoms with Gasteiger partial charge >= 0.3 is 0 Å². The minimum atomic E-state index is -0.645. The number of Topliss-reactive ketones (excluding diaryl/α,β-unsaturated/α-hetero) is 1. The first-order valence-corrected chi connectivity index (χ1v) is 4.28. The summed E-state index contributed by atoms with van der Waals surface area (Å²) in [5.74, 6) is -1.23. The molecule has 0 heterocycles. The van der Waals surface area contributed by atoms with Crippen molar-refractivity contribution in [2.45, 2.75) is 13.3 Å². The van der Waals surface area contributed by atoms with Gasteiger partial charge in [0.1, 0.15) is 17.4 Å². The summed E-state index contributed by atoms with van der Waals surface area (Å²) in [6, 6.07) is 3.28. The van der Waals surface area contributed by atoms with Crippen molar-refractivity contribution in [2.24, 2.45) is 0 Å². The molecule has 1 rings (SSSR count). The average molecular weight is 199 g/mol. The SMILES string of the molecule is CC(=O)CCNc1ccc(F)cc1F. The molecule has 0 aromatic heterocycles. The van der Waals surface area contributed by atoms with E-state index in [1.165, 1.54) is 19.1 Å². The van der Waals surface area contributed by atoms with E-state index in [0.29, 0.717) is 13.0 Å². The van der Waals surface area contributed by atoms with E-state index in [-0.39, 0.29) is 11.5 Å². The maximum absolute atomic E-state index is 13.0. The van der Waals surface area contributed by atoms with Crippen LogP contribution in [0, 0.1) is 11.6 Å². The number of anilines is 1. The molecule has 0 fully saturated rings. The smallest absolute Gasteiger partial charge is 0.149 e. The van der Waals surface area contributed by atoms with Crippen molar-refractivity contribution >= 4 is 11.5 Å². The van der Waals surface area contributed by atoms with Gasteiger partial charge in [0.15, 0.2) is 0 Å². The first-order valence-electron chi connectivity index (χ1n) is 4.28. The van der Waals surface area contributed by atoms with Gasteiger partial charge in [-0.3, -0.25) is 4.79 Å². The molecule has 1 aromatic carbocycles. The Kier molecular flexibility index (Phi) is 3.56. The molecule has 0 amide bonds. The third-order valence-electron chi connectivity index (χ3n) is 1.72. The van der Waals surface area contributed by atoms with Gasteiger partial charge in [0.05, 0.1) is 5.69 Å².